The van der Waals surface area contributed by atoms with E-state index < -0.39 is 0 Å². The van der Waals surface area contributed by atoms with Gasteiger partial charge in [-0.1, -0.05) is 83.1 Å². The summed E-state index contributed by atoms with van der Waals surface area (Å²) in [5.74, 6) is 0. The minimum absolute atomic E-state index is 0.483. The Hall–Kier alpha value is -1.12. The molecule has 1 atom stereocenters. The van der Waals surface area contributed by atoms with Crippen LogP contribution in [0.25, 0.3) is 6.08 Å². The molecule has 1 heterocycles. The third-order valence-corrected chi connectivity index (χ3v) is 6.01. The van der Waals surface area contributed by atoms with Crippen molar-refractivity contribution >= 4 is 27.7 Å². The van der Waals surface area contributed by atoms with Crippen LogP contribution in [0.4, 0.5) is 0 Å². The number of fused-ring (bicyclic) bond motifs is 1. The van der Waals surface area contributed by atoms with E-state index in [-0.39, 0.29) is 0 Å². The fraction of sp³-hybridized carbons (Fsp3) is 0.176. The normalized spacial score (nSPS) is 17.8. The summed E-state index contributed by atoms with van der Waals surface area (Å²) in [5, 5.41) is 0.483. The van der Waals surface area contributed by atoms with Gasteiger partial charge in [0.05, 0.1) is 5.25 Å². The van der Waals surface area contributed by atoms with Gasteiger partial charge >= 0.3 is 0 Å². The van der Waals surface area contributed by atoms with Crippen molar-refractivity contribution < 1.29 is 0 Å². The third kappa shape index (κ3) is 2.75. The van der Waals surface area contributed by atoms with E-state index in [2.05, 4.69) is 67.6 Å². The Labute approximate surface area is 122 Å². The van der Waals surface area contributed by atoms with Crippen LogP contribution in [0.15, 0.2) is 59.5 Å². The first-order chi connectivity index (χ1) is 9.38. The summed E-state index contributed by atoms with van der Waals surface area (Å²) in [6.07, 6.45) is 5.68. The molecule has 0 fully saturated rings. The number of hydrogen-bond acceptors (Lipinski definition) is 2. The van der Waals surface area contributed by atoms with E-state index in [1.165, 1.54) is 21.6 Å². The molecule has 1 aliphatic heterocycles. The van der Waals surface area contributed by atoms with Gasteiger partial charge in [-0.3, -0.25) is 0 Å². The zero-order valence-electron chi connectivity index (χ0n) is 10.9. The van der Waals surface area contributed by atoms with Crippen LogP contribution in [0, 0.1) is 0 Å². The molecular weight excluding hydrogens is 268 g/mol. The molecule has 0 radical (unpaired) electrons. The molecule has 0 saturated carbocycles. The van der Waals surface area contributed by atoms with Gasteiger partial charge in [-0.2, -0.15) is 0 Å². The molecule has 2 aromatic rings. The van der Waals surface area contributed by atoms with Gasteiger partial charge in [-0.05, 0) is 29.2 Å². The quantitative estimate of drug-likeness (QED) is 0.657. The second kappa shape index (κ2) is 5.89. The molecule has 2 aromatic carbocycles. The molecule has 19 heavy (non-hydrogen) atoms. The monoisotopic (exact) mass is 284 g/mol. The summed E-state index contributed by atoms with van der Waals surface area (Å²) in [4.78, 5) is 1.44. The van der Waals surface area contributed by atoms with Crippen molar-refractivity contribution in [2.75, 3.05) is 0 Å². The van der Waals surface area contributed by atoms with Crippen LogP contribution >= 0.6 is 21.6 Å². The molecule has 0 aliphatic carbocycles. The van der Waals surface area contributed by atoms with Crippen molar-refractivity contribution in [1.82, 2.24) is 0 Å². The molecule has 1 unspecified atom stereocenters. The first kappa shape index (κ1) is 12.9. The average molecular weight is 284 g/mol. The lowest BCUT2D eigenvalue weighted by atomic mass is 10.0. The van der Waals surface area contributed by atoms with Crippen LogP contribution in [-0.4, -0.2) is 0 Å². The van der Waals surface area contributed by atoms with Crippen molar-refractivity contribution in [1.29, 1.82) is 0 Å². The number of rotatable bonds is 3. The van der Waals surface area contributed by atoms with Crippen molar-refractivity contribution in [2.45, 2.75) is 23.5 Å². The lowest BCUT2D eigenvalue weighted by molar-refractivity contribution is 1.04. The minimum Gasteiger partial charge on any atom is -0.0764 e. The van der Waals surface area contributed by atoms with Gasteiger partial charge in [-0.25, -0.2) is 0 Å². The molecule has 0 amide bonds. The van der Waals surface area contributed by atoms with Crippen LogP contribution in [0.1, 0.15) is 28.9 Å². The molecule has 0 spiro atoms. The molecule has 0 bridgehead atoms. The van der Waals surface area contributed by atoms with Gasteiger partial charge in [0.25, 0.3) is 0 Å². The van der Waals surface area contributed by atoms with Gasteiger partial charge in [-0.15, -0.1) is 0 Å². The second-order valence-corrected chi connectivity index (χ2v) is 6.94. The molecule has 1 aliphatic rings. The van der Waals surface area contributed by atoms with Crippen LogP contribution < -0.4 is 0 Å². The van der Waals surface area contributed by atoms with E-state index in [0.717, 1.165) is 6.42 Å². The van der Waals surface area contributed by atoms with Crippen molar-refractivity contribution in [2.24, 2.45) is 0 Å². The molecule has 0 N–H and O–H groups in total. The maximum Gasteiger partial charge on any atom is 0.0601 e. The lowest BCUT2D eigenvalue weighted by Gasteiger charge is -2.09. The Morgan fingerprint density at radius 3 is 2.68 bits per heavy atom. The minimum atomic E-state index is 0.483. The van der Waals surface area contributed by atoms with Crippen LogP contribution in [0.5, 0.6) is 0 Å². The fourth-order valence-electron chi connectivity index (χ4n) is 2.34. The maximum absolute atomic E-state index is 2.33. The highest BCUT2D eigenvalue weighted by Crippen LogP contribution is 2.54. The number of benzene rings is 2. The van der Waals surface area contributed by atoms with Crippen molar-refractivity contribution in [3.8, 4) is 0 Å². The predicted molar refractivity (Wildman–Crippen MR) is 87.5 cm³/mol. The Morgan fingerprint density at radius 1 is 1.05 bits per heavy atom. The van der Waals surface area contributed by atoms with Gasteiger partial charge in [0.2, 0.25) is 0 Å². The van der Waals surface area contributed by atoms with Crippen molar-refractivity contribution in [3.05, 3.63) is 71.3 Å². The maximum atomic E-state index is 2.33. The van der Waals surface area contributed by atoms with Crippen LogP contribution in [0.3, 0.4) is 0 Å². The molecule has 3 rings (SSSR count). The summed E-state index contributed by atoms with van der Waals surface area (Å²) in [6, 6.07) is 17.2. The Kier molecular flexibility index (Phi) is 4.00. The Balaban J connectivity index is 1.88. The van der Waals surface area contributed by atoms with E-state index in [1.807, 2.05) is 21.6 Å². The molecule has 0 nitrogen and oxygen atoms in total. The van der Waals surface area contributed by atoms with Gasteiger partial charge in [0, 0.05) is 4.90 Å². The highest BCUT2D eigenvalue weighted by atomic mass is 33.1. The molecule has 0 saturated heterocycles. The van der Waals surface area contributed by atoms with Crippen molar-refractivity contribution in [3.63, 3.8) is 0 Å². The average Bonchev–Trinajstić information content (AvgIpc) is 2.89. The summed E-state index contributed by atoms with van der Waals surface area (Å²) in [7, 11) is 3.86. The van der Waals surface area contributed by atoms with Crippen LogP contribution in [0.2, 0.25) is 0 Å². The summed E-state index contributed by atoms with van der Waals surface area (Å²) < 4.78 is 0. The second-order valence-electron chi connectivity index (χ2n) is 4.55. The van der Waals surface area contributed by atoms with Gasteiger partial charge in [0.1, 0.15) is 0 Å². The molecule has 2 heteroatoms. The largest absolute Gasteiger partial charge is 0.0764 e. The predicted octanol–water partition coefficient (Wildman–Crippen LogP) is 5.76. The van der Waals surface area contributed by atoms with Gasteiger partial charge in [0.15, 0.2) is 0 Å². The van der Waals surface area contributed by atoms with E-state index in [9.17, 15) is 0 Å². The lowest BCUT2D eigenvalue weighted by Crippen LogP contribution is -1.93. The van der Waals surface area contributed by atoms with E-state index >= 15 is 0 Å². The summed E-state index contributed by atoms with van der Waals surface area (Å²) >= 11 is 0. The highest BCUT2D eigenvalue weighted by Gasteiger charge is 2.24. The Bertz CT molecular complexity index is 587. The first-order valence-electron chi connectivity index (χ1n) is 6.57. The smallest absolute Gasteiger partial charge is 0.0601 e. The first-order valence-corrected chi connectivity index (χ1v) is 8.78. The summed E-state index contributed by atoms with van der Waals surface area (Å²) in [5.41, 5.74) is 4.28. The van der Waals surface area contributed by atoms with Gasteiger partial charge < -0.3 is 0 Å². The zero-order valence-corrected chi connectivity index (χ0v) is 12.5. The number of aryl methyl sites for hydroxylation is 1. The molecule has 96 valence electrons. The fourth-order valence-corrected chi connectivity index (χ4v) is 5.16. The van der Waals surface area contributed by atoms with E-state index in [4.69, 9.17) is 0 Å². The summed E-state index contributed by atoms with van der Waals surface area (Å²) in [6.45, 7) is 2.24. The highest BCUT2D eigenvalue weighted by molar-refractivity contribution is 8.77. The topological polar surface area (TPSA) is 0 Å². The zero-order chi connectivity index (χ0) is 13.1. The third-order valence-electron chi connectivity index (χ3n) is 3.33. The van der Waals surface area contributed by atoms with E-state index in [0.29, 0.717) is 5.25 Å². The molecule has 0 aromatic heterocycles. The standard InChI is InChI=1S/C17H16S2/c1-2-14-9-6-10-15-17(14)16(19-18-15)12-11-13-7-4-3-5-8-13/h3-12,16H,2H2,1H3. The number of hydrogen-bond donors (Lipinski definition) is 0. The Morgan fingerprint density at radius 2 is 1.89 bits per heavy atom. The molecular formula is C17H16S2. The SMILES string of the molecule is CCc1cccc2c1C(C=Cc1ccccc1)SS2. The van der Waals surface area contributed by atoms with Crippen LogP contribution in [-0.2, 0) is 6.42 Å². The van der Waals surface area contributed by atoms with E-state index in [1.54, 1.807) is 0 Å².